The summed E-state index contributed by atoms with van der Waals surface area (Å²) in [6, 6.07) is 0. The van der Waals surface area contributed by atoms with Gasteiger partial charge in [0.2, 0.25) is 0 Å². The molecule has 0 aromatic carbocycles. The molecule has 0 unspecified atom stereocenters. The van der Waals surface area contributed by atoms with Crippen molar-refractivity contribution in [1.82, 2.24) is 0 Å². The van der Waals surface area contributed by atoms with Crippen LogP contribution in [0.25, 0.3) is 0 Å². The lowest BCUT2D eigenvalue weighted by atomic mass is 9.81. The van der Waals surface area contributed by atoms with Gasteiger partial charge in [-0.15, -0.1) is 0 Å². The molecule has 0 heterocycles. The Morgan fingerprint density at radius 3 is 1.85 bits per heavy atom. The smallest absolute Gasteiger partial charge is 0.0365 e. The summed E-state index contributed by atoms with van der Waals surface area (Å²) in [7, 11) is 0. The zero-order chi connectivity index (χ0) is 10.3. The second kappa shape index (κ2) is 6.20. The van der Waals surface area contributed by atoms with Crippen LogP contribution in [0, 0.1) is 0 Å². The zero-order valence-corrected chi connectivity index (χ0v) is 9.53. The van der Waals surface area contributed by atoms with Gasteiger partial charge in [0.05, 0.1) is 0 Å². The lowest BCUT2D eigenvalue weighted by Gasteiger charge is -2.31. The van der Waals surface area contributed by atoms with Crippen molar-refractivity contribution in [2.45, 2.75) is 64.8 Å². The maximum absolute atomic E-state index is 6.35. The minimum atomic E-state index is -0.0838. The first-order valence-electron chi connectivity index (χ1n) is 5.57. The minimum Gasteiger partial charge on any atom is -0.322 e. The summed E-state index contributed by atoms with van der Waals surface area (Å²) < 4.78 is 0. The fraction of sp³-hybridized carbons (Fsp3) is 0.833. The molecule has 0 saturated heterocycles. The second-order valence-electron chi connectivity index (χ2n) is 4.01. The van der Waals surface area contributed by atoms with E-state index in [1.807, 2.05) is 0 Å². The van der Waals surface area contributed by atoms with Crippen LogP contribution in [0.3, 0.4) is 0 Å². The summed E-state index contributed by atoms with van der Waals surface area (Å²) >= 11 is 0. The SMILES string of the molecule is C=C(CCC)C(N)(CCC)CCC. The van der Waals surface area contributed by atoms with Crippen LogP contribution < -0.4 is 5.73 Å². The first kappa shape index (κ1) is 12.7. The van der Waals surface area contributed by atoms with Gasteiger partial charge in [0.15, 0.2) is 0 Å². The summed E-state index contributed by atoms with van der Waals surface area (Å²) in [5.41, 5.74) is 7.51. The summed E-state index contributed by atoms with van der Waals surface area (Å²) in [6.45, 7) is 10.7. The van der Waals surface area contributed by atoms with Crippen molar-refractivity contribution in [1.29, 1.82) is 0 Å². The number of rotatable bonds is 7. The van der Waals surface area contributed by atoms with Gasteiger partial charge in [0, 0.05) is 5.54 Å². The van der Waals surface area contributed by atoms with Gasteiger partial charge in [0.1, 0.15) is 0 Å². The molecular formula is C12H25N. The van der Waals surface area contributed by atoms with Crippen LogP contribution in [-0.2, 0) is 0 Å². The van der Waals surface area contributed by atoms with Crippen LogP contribution in [0.15, 0.2) is 12.2 Å². The van der Waals surface area contributed by atoms with Gasteiger partial charge >= 0.3 is 0 Å². The third kappa shape index (κ3) is 3.95. The van der Waals surface area contributed by atoms with Crippen molar-refractivity contribution >= 4 is 0 Å². The monoisotopic (exact) mass is 183 g/mol. The Bertz CT molecular complexity index is 143. The molecule has 0 saturated carbocycles. The zero-order valence-electron chi connectivity index (χ0n) is 9.53. The highest BCUT2D eigenvalue weighted by atomic mass is 14.7. The highest BCUT2D eigenvalue weighted by molar-refractivity contribution is 5.15. The predicted molar refractivity (Wildman–Crippen MR) is 60.8 cm³/mol. The van der Waals surface area contributed by atoms with E-state index in [1.165, 1.54) is 5.57 Å². The molecule has 2 N–H and O–H groups in total. The molecule has 0 aliphatic heterocycles. The van der Waals surface area contributed by atoms with E-state index in [-0.39, 0.29) is 5.54 Å². The van der Waals surface area contributed by atoms with Crippen LogP contribution in [0.4, 0.5) is 0 Å². The van der Waals surface area contributed by atoms with Crippen LogP contribution in [-0.4, -0.2) is 5.54 Å². The topological polar surface area (TPSA) is 26.0 Å². The van der Waals surface area contributed by atoms with Gasteiger partial charge in [-0.3, -0.25) is 0 Å². The molecule has 0 bridgehead atoms. The molecule has 0 radical (unpaired) electrons. The Morgan fingerprint density at radius 2 is 1.54 bits per heavy atom. The van der Waals surface area contributed by atoms with E-state index in [0.717, 1.165) is 38.5 Å². The Labute approximate surface area is 83.4 Å². The van der Waals surface area contributed by atoms with Crippen LogP contribution >= 0.6 is 0 Å². The normalized spacial score (nSPS) is 11.7. The van der Waals surface area contributed by atoms with Crippen molar-refractivity contribution in [2.75, 3.05) is 0 Å². The Balaban J connectivity index is 4.27. The summed E-state index contributed by atoms with van der Waals surface area (Å²) in [5.74, 6) is 0. The molecule has 0 aromatic rings. The molecule has 78 valence electrons. The maximum atomic E-state index is 6.35. The molecule has 0 atom stereocenters. The lowest BCUT2D eigenvalue weighted by Crippen LogP contribution is -2.41. The fourth-order valence-electron chi connectivity index (χ4n) is 1.92. The average Bonchev–Trinajstić information content (AvgIpc) is 2.05. The van der Waals surface area contributed by atoms with Gasteiger partial charge in [-0.1, -0.05) is 52.2 Å². The van der Waals surface area contributed by atoms with E-state index in [4.69, 9.17) is 5.73 Å². The van der Waals surface area contributed by atoms with Crippen molar-refractivity contribution in [3.8, 4) is 0 Å². The number of nitrogens with two attached hydrogens (primary N) is 1. The number of hydrogen-bond donors (Lipinski definition) is 1. The average molecular weight is 183 g/mol. The Morgan fingerprint density at radius 1 is 1.08 bits per heavy atom. The van der Waals surface area contributed by atoms with Crippen molar-refractivity contribution < 1.29 is 0 Å². The van der Waals surface area contributed by atoms with Gasteiger partial charge in [-0.2, -0.15) is 0 Å². The van der Waals surface area contributed by atoms with Crippen LogP contribution in [0.2, 0.25) is 0 Å². The van der Waals surface area contributed by atoms with Crippen molar-refractivity contribution in [3.05, 3.63) is 12.2 Å². The Hall–Kier alpha value is -0.300. The minimum absolute atomic E-state index is 0.0838. The highest BCUT2D eigenvalue weighted by Crippen LogP contribution is 2.27. The second-order valence-corrected chi connectivity index (χ2v) is 4.01. The van der Waals surface area contributed by atoms with Gasteiger partial charge in [-0.25, -0.2) is 0 Å². The number of hydrogen-bond acceptors (Lipinski definition) is 1. The molecule has 1 nitrogen and oxygen atoms in total. The van der Waals surface area contributed by atoms with Crippen molar-refractivity contribution in [2.24, 2.45) is 5.73 Å². The molecule has 0 aromatic heterocycles. The van der Waals surface area contributed by atoms with Gasteiger partial charge in [0.25, 0.3) is 0 Å². The third-order valence-electron chi connectivity index (χ3n) is 2.65. The molecule has 13 heavy (non-hydrogen) atoms. The Kier molecular flexibility index (Phi) is 6.06. The predicted octanol–water partition coefficient (Wildman–Crippen LogP) is 3.64. The summed E-state index contributed by atoms with van der Waals surface area (Å²) in [4.78, 5) is 0. The largest absolute Gasteiger partial charge is 0.322 e. The van der Waals surface area contributed by atoms with E-state index < -0.39 is 0 Å². The van der Waals surface area contributed by atoms with E-state index in [1.54, 1.807) is 0 Å². The van der Waals surface area contributed by atoms with Gasteiger partial charge < -0.3 is 5.73 Å². The van der Waals surface area contributed by atoms with Gasteiger partial charge in [-0.05, 0) is 19.3 Å². The molecule has 1 heteroatoms. The van der Waals surface area contributed by atoms with E-state index in [9.17, 15) is 0 Å². The third-order valence-corrected chi connectivity index (χ3v) is 2.65. The van der Waals surface area contributed by atoms with E-state index >= 15 is 0 Å². The lowest BCUT2D eigenvalue weighted by molar-refractivity contribution is 0.405. The summed E-state index contributed by atoms with van der Waals surface area (Å²) in [6.07, 6.45) is 6.71. The molecular weight excluding hydrogens is 158 g/mol. The standard InChI is InChI=1S/C12H25N/c1-5-8-11(4)12(13,9-6-2)10-7-3/h4-10,13H2,1-3H3. The maximum Gasteiger partial charge on any atom is 0.0365 e. The molecule has 0 aliphatic carbocycles. The first-order chi connectivity index (χ1) is 6.10. The first-order valence-corrected chi connectivity index (χ1v) is 5.57. The van der Waals surface area contributed by atoms with Crippen molar-refractivity contribution in [3.63, 3.8) is 0 Å². The highest BCUT2D eigenvalue weighted by Gasteiger charge is 2.25. The fourth-order valence-corrected chi connectivity index (χ4v) is 1.92. The molecule has 0 amide bonds. The molecule has 0 fully saturated rings. The molecule has 0 aliphatic rings. The van der Waals surface area contributed by atoms with E-state index in [0.29, 0.717) is 0 Å². The van der Waals surface area contributed by atoms with Crippen LogP contribution in [0.1, 0.15) is 59.3 Å². The molecule has 0 rings (SSSR count). The van der Waals surface area contributed by atoms with Crippen LogP contribution in [0.5, 0.6) is 0 Å². The van der Waals surface area contributed by atoms with E-state index in [2.05, 4.69) is 27.4 Å². The quantitative estimate of drug-likeness (QED) is 0.599. The molecule has 0 spiro atoms. The summed E-state index contributed by atoms with van der Waals surface area (Å²) in [5, 5.41) is 0.